The molecule has 4 heterocycles. The average Bonchev–Trinajstić information content (AvgIpc) is 3.40. The highest BCUT2D eigenvalue weighted by Crippen LogP contribution is 2.38. The molecular weight excluding hydrogens is 336 g/mol. The van der Waals surface area contributed by atoms with E-state index in [4.69, 9.17) is 9.15 Å². The molecule has 7 nitrogen and oxygen atoms in total. The van der Waals surface area contributed by atoms with E-state index in [2.05, 4.69) is 4.98 Å². The quantitative estimate of drug-likeness (QED) is 0.829. The summed E-state index contributed by atoms with van der Waals surface area (Å²) < 4.78 is 10.8. The Balaban J connectivity index is 1.74. The maximum absolute atomic E-state index is 12.9. The van der Waals surface area contributed by atoms with Crippen molar-refractivity contribution in [2.75, 3.05) is 13.2 Å². The van der Waals surface area contributed by atoms with E-state index in [9.17, 15) is 14.7 Å². The van der Waals surface area contributed by atoms with Crippen LogP contribution >= 0.6 is 0 Å². The fraction of sp³-hybridized carbons (Fsp3) is 0.316. The Morgan fingerprint density at radius 1 is 1.31 bits per heavy atom. The van der Waals surface area contributed by atoms with Crippen LogP contribution in [0.4, 0.5) is 0 Å². The summed E-state index contributed by atoms with van der Waals surface area (Å²) in [5.74, 6) is -1.60. The Morgan fingerprint density at radius 2 is 2.19 bits per heavy atom. The van der Waals surface area contributed by atoms with E-state index in [1.807, 2.05) is 0 Å². The summed E-state index contributed by atoms with van der Waals surface area (Å²) in [4.78, 5) is 31.4. The number of ketones is 1. The number of carbonyl (C=O) groups excluding carboxylic acids is 2. The van der Waals surface area contributed by atoms with Gasteiger partial charge in [0.2, 0.25) is 5.78 Å². The van der Waals surface area contributed by atoms with Crippen LogP contribution < -0.4 is 0 Å². The van der Waals surface area contributed by atoms with Crippen molar-refractivity contribution in [3.63, 3.8) is 0 Å². The molecule has 1 saturated heterocycles. The molecule has 2 aromatic rings. The van der Waals surface area contributed by atoms with E-state index >= 15 is 0 Å². The summed E-state index contributed by atoms with van der Waals surface area (Å²) in [6.07, 6.45) is 4.62. The molecule has 1 N–H and O–H groups in total. The number of Topliss-reactive ketones (excluding diaryl/α,β-unsaturated/α-hetero) is 1. The Labute approximate surface area is 149 Å². The van der Waals surface area contributed by atoms with Gasteiger partial charge in [-0.2, -0.15) is 0 Å². The van der Waals surface area contributed by atoms with Crippen LogP contribution in [0, 0.1) is 0 Å². The van der Waals surface area contributed by atoms with Crippen molar-refractivity contribution in [1.82, 2.24) is 9.88 Å². The predicted molar refractivity (Wildman–Crippen MR) is 90.4 cm³/mol. The van der Waals surface area contributed by atoms with Crippen LogP contribution in [0.2, 0.25) is 0 Å². The van der Waals surface area contributed by atoms with Crippen LogP contribution in [-0.4, -0.2) is 45.9 Å². The van der Waals surface area contributed by atoms with Gasteiger partial charge in [0.15, 0.2) is 11.5 Å². The van der Waals surface area contributed by atoms with Crippen molar-refractivity contribution in [2.24, 2.45) is 0 Å². The molecule has 0 bridgehead atoms. The molecule has 0 aromatic carbocycles. The number of nitrogens with zero attached hydrogens (tertiary/aromatic N) is 2. The summed E-state index contributed by atoms with van der Waals surface area (Å²) in [7, 11) is 0. The number of rotatable bonds is 5. The zero-order valence-electron chi connectivity index (χ0n) is 14.0. The van der Waals surface area contributed by atoms with Crippen LogP contribution in [0.25, 0.3) is 0 Å². The standard InChI is InChI=1S/C19H18N2O5/c22-17(14-7-4-10-26-14)15-16(13-6-1-2-8-20-13)21(19(24)18(15)23)11-12-5-3-9-25-12/h1-2,4,6-8,10,12,16,23H,3,5,9,11H2. The topological polar surface area (TPSA) is 92.9 Å². The number of amides is 1. The molecular formula is C19H18N2O5. The highest BCUT2D eigenvalue weighted by molar-refractivity contribution is 6.14. The van der Waals surface area contributed by atoms with Gasteiger partial charge in [0, 0.05) is 19.3 Å². The van der Waals surface area contributed by atoms with Gasteiger partial charge in [-0.05, 0) is 37.1 Å². The molecule has 0 radical (unpaired) electrons. The number of carbonyl (C=O) groups is 2. The summed E-state index contributed by atoms with van der Waals surface area (Å²) in [6, 6.07) is 7.58. The minimum atomic E-state index is -0.773. The normalized spacial score (nSPS) is 23.1. The lowest BCUT2D eigenvalue weighted by Crippen LogP contribution is -2.37. The minimum Gasteiger partial charge on any atom is -0.503 e. The third kappa shape index (κ3) is 2.80. The molecule has 2 unspecified atom stereocenters. The van der Waals surface area contributed by atoms with E-state index in [-0.39, 0.29) is 17.4 Å². The molecule has 0 saturated carbocycles. The number of pyridine rings is 1. The maximum Gasteiger partial charge on any atom is 0.290 e. The van der Waals surface area contributed by atoms with Gasteiger partial charge in [-0.3, -0.25) is 14.6 Å². The van der Waals surface area contributed by atoms with E-state index in [1.165, 1.54) is 17.2 Å². The number of aliphatic hydroxyl groups excluding tert-OH is 1. The molecule has 4 rings (SSSR count). The molecule has 1 amide bonds. The van der Waals surface area contributed by atoms with Crippen LogP contribution in [0.3, 0.4) is 0 Å². The summed E-state index contributed by atoms with van der Waals surface area (Å²) in [5, 5.41) is 10.5. The number of furan rings is 1. The van der Waals surface area contributed by atoms with Gasteiger partial charge in [-0.1, -0.05) is 6.07 Å². The third-order valence-corrected chi connectivity index (χ3v) is 4.69. The SMILES string of the molecule is O=C(C1=C(O)C(=O)N(CC2CCCO2)C1c1ccccn1)c1ccco1. The first-order valence-corrected chi connectivity index (χ1v) is 8.51. The zero-order valence-corrected chi connectivity index (χ0v) is 14.0. The second-order valence-corrected chi connectivity index (χ2v) is 6.32. The van der Waals surface area contributed by atoms with Crippen molar-refractivity contribution < 1.29 is 23.8 Å². The van der Waals surface area contributed by atoms with E-state index in [0.29, 0.717) is 18.8 Å². The van der Waals surface area contributed by atoms with Crippen LogP contribution in [-0.2, 0) is 9.53 Å². The van der Waals surface area contributed by atoms with Crippen molar-refractivity contribution in [3.05, 3.63) is 65.6 Å². The zero-order chi connectivity index (χ0) is 18.1. The Kier molecular flexibility index (Phi) is 4.30. The molecule has 26 heavy (non-hydrogen) atoms. The third-order valence-electron chi connectivity index (χ3n) is 4.69. The summed E-state index contributed by atoms with van der Waals surface area (Å²) in [5.41, 5.74) is 0.499. The van der Waals surface area contributed by atoms with Gasteiger partial charge in [-0.25, -0.2) is 0 Å². The molecule has 2 aliphatic rings. The average molecular weight is 354 g/mol. The number of hydrogen-bond acceptors (Lipinski definition) is 6. The van der Waals surface area contributed by atoms with Crippen LogP contribution in [0.15, 0.2) is 58.5 Å². The van der Waals surface area contributed by atoms with E-state index < -0.39 is 23.5 Å². The first kappa shape index (κ1) is 16.5. The number of hydrogen-bond donors (Lipinski definition) is 1. The second-order valence-electron chi connectivity index (χ2n) is 6.32. The molecule has 1 fully saturated rings. The minimum absolute atomic E-state index is 0.0124. The molecule has 2 aromatic heterocycles. The van der Waals surface area contributed by atoms with Crippen LogP contribution in [0.1, 0.15) is 35.1 Å². The second kappa shape index (κ2) is 6.76. The fourth-order valence-corrected chi connectivity index (χ4v) is 3.47. The van der Waals surface area contributed by atoms with Gasteiger partial charge < -0.3 is 19.2 Å². The first-order valence-electron chi connectivity index (χ1n) is 8.51. The smallest absolute Gasteiger partial charge is 0.290 e. The monoisotopic (exact) mass is 354 g/mol. The van der Waals surface area contributed by atoms with E-state index in [0.717, 1.165) is 12.8 Å². The molecule has 134 valence electrons. The van der Waals surface area contributed by atoms with Crippen LogP contribution in [0.5, 0.6) is 0 Å². The van der Waals surface area contributed by atoms with Gasteiger partial charge >= 0.3 is 0 Å². The van der Waals surface area contributed by atoms with Gasteiger partial charge in [-0.15, -0.1) is 0 Å². The van der Waals surface area contributed by atoms with Crippen molar-refractivity contribution >= 4 is 11.7 Å². The largest absolute Gasteiger partial charge is 0.503 e. The highest BCUT2D eigenvalue weighted by Gasteiger charge is 2.46. The van der Waals surface area contributed by atoms with Crippen molar-refractivity contribution in [3.8, 4) is 0 Å². The summed E-state index contributed by atoms with van der Waals surface area (Å²) in [6.45, 7) is 0.942. The van der Waals surface area contributed by atoms with Crippen molar-refractivity contribution in [2.45, 2.75) is 25.0 Å². The fourth-order valence-electron chi connectivity index (χ4n) is 3.47. The molecule has 7 heteroatoms. The van der Waals surface area contributed by atoms with Gasteiger partial charge in [0.1, 0.15) is 6.04 Å². The Hall–Kier alpha value is -2.93. The lowest BCUT2D eigenvalue weighted by molar-refractivity contribution is -0.131. The summed E-state index contributed by atoms with van der Waals surface area (Å²) >= 11 is 0. The molecule has 0 aliphatic carbocycles. The van der Waals surface area contributed by atoms with E-state index in [1.54, 1.807) is 30.5 Å². The molecule has 2 aliphatic heterocycles. The lowest BCUT2D eigenvalue weighted by Gasteiger charge is -2.28. The first-order chi connectivity index (χ1) is 12.7. The Morgan fingerprint density at radius 3 is 2.85 bits per heavy atom. The maximum atomic E-state index is 12.9. The number of ether oxygens (including phenoxy) is 1. The number of aromatic nitrogens is 1. The Bertz CT molecular complexity index is 838. The number of aliphatic hydroxyl groups is 1. The van der Waals surface area contributed by atoms with Gasteiger partial charge in [0.25, 0.3) is 5.91 Å². The molecule has 2 atom stereocenters. The lowest BCUT2D eigenvalue weighted by atomic mass is 9.98. The molecule has 0 spiro atoms. The highest BCUT2D eigenvalue weighted by atomic mass is 16.5. The van der Waals surface area contributed by atoms with Gasteiger partial charge in [0.05, 0.1) is 23.6 Å². The predicted octanol–water partition coefficient (Wildman–Crippen LogP) is 2.43. The van der Waals surface area contributed by atoms with Crippen molar-refractivity contribution in [1.29, 1.82) is 0 Å².